The van der Waals surface area contributed by atoms with Gasteiger partial charge in [-0.05, 0) is 38.8 Å². The van der Waals surface area contributed by atoms with E-state index in [1.165, 1.54) is 27.2 Å². The number of hydrogen-bond donors (Lipinski definition) is 3. The third-order valence-corrected chi connectivity index (χ3v) is 8.19. The smallest absolute Gasteiger partial charge is 0.301 e. The lowest BCUT2D eigenvalue weighted by Gasteiger charge is -2.26. The first-order valence-corrected chi connectivity index (χ1v) is 14.0. The van der Waals surface area contributed by atoms with Crippen LogP contribution >= 0.6 is 0 Å². The highest BCUT2D eigenvalue weighted by Gasteiger charge is 2.27. The summed E-state index contributed by atoms with van der Waals surface area (Å²) in [4.78, 5) is 26.7. The fourth-order valence-electron chi connectivity index (χ4n) is 4.80. The van der Waals surface area contributed by atoms with Crippen LogP contribution in [0.25, 0.3) is 22.4 Å². The predicted molar refractivity (Wildman–Crippen MR) is 141 cm³/mol. The Hall–Kier alpha value is -3.23. The first-order valence-electron chi connectivity index (χ1n) is 12.6. The topological polar surface area (TPSA) is 134 Å². The second kappa shape index (κ2) is 10.5. The molecule has 2 fully saturated rings. The number of nitrogens with zero attached hydrogens (tertiary/aromatic N) is 5. The normalized spacial score (nSPS) is 20.8. The highest BCUT2D eigenvalue weighted by molar-refractivity contribution is 7.90. The van der Waals surface area contributed by atoms with Gasteiger partial charge in [0.25, 0.3) is 5.56 Å². The zero-order valence-electron chi connectivity index (χ0n) is 21.1. The van der Waals surface area contributed by atoms with Crippen molar-refractivity contribution in [3.63, 3.8) is 0 Å². The van der Waals surface area contributed by atoms with Crippen molar-refractivity contribution in [3.05, 3.63) is 40.6 Å². The van der Waals surface area contributed by atoms with Crippen LogP contribution in [-0.2, 0) is 10.2 Å². The maximum absolute atomic E-state index is 15.0. The largest absolute Gasteiger partial charge is 0.350 e. The molecule has 5 rings (SSSR count). The molecule has 204 valence electrons. The third-order valence-electron chi connectivity index (χ3n) is 6.66. The van der Waals surface area contributed by atoms with Gasteiger partial charge in [-0.2, -0.15) is 17.7 Å². The van der Waals surface area contributed by atoms with Gasteiger partial charge in [-0.15, -0.1) is 0 Å². The lowest BCUT2D eigenvalue weighted by molar-refractivity contribution is 0.254. The second-order valence-electron chi connectivity index (χ2n) is 9.87. The van der Waals surface area contributed by atoms with Crippen LogP contribution in [0.5, 0.6) is 0 Å². The second-order valence-corrected chi connectivity index (χ2v) is 11.5. The summed E-state index contributed by atoms with van der Waals surface area (Å²) in [5.74, 6) is -0.576. The van der Waals surface area contributed by atoms with Crippen molar-refractivity contribution in [2.75, 3.05) is 36.2 Å². The van der Waals surface area contributed by atoms with Gasteiger partial charge >= 0.3 is 10.2 Å². The average molecular weight is 549 g/mol. The average Bonchev–Trinajstić information content (AvgIpc) is 3.41. The monoisotopic (exact) mass is 548 g/mol. The fraction of sp³-hybridized carbons (Fsp3) is 0.500. The zero-order chi connectivity index (χ0) is 27.0. The van der Waals surface area contributed by atoms with E-state index in [9.17, 15) is 17.6 Å². The molecule has 11 nitrogen and oxygen atoms in total. The van der Waals surface area contributed by atoms with Crippen molar-refractivity contribution in [2.45, 2.75) is 51.4 Å². The number of fused-ring (bicyclic) bond motifs is 1. The number of piperidine rings is 1. The molecule has 0 bridgehead atoms. The van der Waals surface area contributed by atoms with Crippen LogP contribution in [0.15, 0.2) is 29.2 Å². The Balaban J connectivity index is 1.48. The Kier molecular flexibility index (Phi) is 7.29. The molecule has 0 unspecified atom stereocenters. The molecule has 4 heterocycles. The number of benzene rings is 1. The van der Waals surface area contributed by atoms with E-state index in [1.54, 1.807) is 0 Å². The molecule has 3 aromatic rings. The molecule has 3 N–H and O–H groups in total. The van der Waals surface area contributed by atoms with Gasteiger partial charge < -0.3 is 10.6 Å². The van der Waals surface area contributed by atoms with Crippen LogP contribution in [0.4, 0.5) is 20.4 Å². The maximum atomic E-state index is 15.0. The predicted octanol–water partition coefficient (Wildman–Crippen LogP) is 2.44. The summed E-state index contributed by atoms with van der Waals surface area (Å²) in [6.07, 6.45) is 2.33. The Bertz CT molecular complexity index is 1510. The van der Waals surface area contributed by atoms with Crippen LogP contribution in [-0.4, -0.2) is 70.6 Å². The first kappa shape index (κ1) is 26.4. The molecule has 38 heavy (non-hydrogen) atoms. The minimum atomic E-state index is -3.87. The van der Waals surface area contributed by atoms with E-state index in [2.05, 4.69) is 30.3 Å². The van der Waals surface area contributed by atoms with Crippen LogP contribution in [0, 0.1) is 5.82 Å². The van der Waals surface area contributed by atoms with Gasteiger partial charge in [0, 0.05) is 50.2 Å². The van der Waals surface area contributed by atoms with Gasteiger partial charge in [-0.25, -0.2) is 18.7 Å². The van der Waals surface area contributed by atoms with Gasteiger partial charge in [-0.1, -0.05) is 6.07 Å². The number of anilines is 2. The Morgan fingerprint density at radius 1 is 1.16 bits per heavy atom. The first-order chi connectivity index (χ1) is 18.1. The molecular weight excluding hydrogens is 518 g/mol. The summed E-state index contributed by atoms with van der Waals surface area (Å²) < 4.78 is 58.9. The molecule has 2 atom stereocenters. The number of hydrogen-bond acceptors (Lipinski definition) is 8. The van der Waals surface area contributed by atoms with Crippen LogP contribution in [0.1, 0.15) is 39.2 Å². The molecule has 0 saturated carbocycles. The van der Waals surface area contributed by atoms with Crippen molar-refractivity contribution < 1.29 is 17.2 Å². The Morgan fingerprint density at radius 2 is 1.92 bits per heavy atom. The molecule has 1 aromatic carbocycles. The summed E-state index contributed by atoms with van der Waals surface area (Å²) in [6.45, 7) is 5.27. The molecule has 14 heteroatoms. The molecule has 2 aliphatic rings. The quantitative estimate of drug-likeness (QED) is 0.410. The maximum Gasteiger partial charge on any atom is 0.301 e. The molecule has 2 aliphatic heterocycles. The van der Waals surface area contributed by atoms with Gasteiger partial charge in [0.2, 0.25) is 5.95 Å². The number of nitrogens with one attached hydrogen (secondary N) is 3. The lowest BCUT2D eigenvalue weighted by Crippen LogP contribution is -2.44. The van der Waals surface area contributed by atoms with Crippen molar-refractivity contribution >= 4 is 33.0 Å². The summed E-state index contributed by atoms with van der Waals surface area (Å²) >= 11 is 0. The number of alkyl halides is 1. The molecule has 0 aliphatic carbocycles. The number of halogens is 2. The van der Waals surface area contributed by atoms with Crippen molar-refractivity contribution in [2.24, 2.45) is 0 Å². The summed E-state index contributed by atoms with van der Waals surface area (Å²) in [6, 6.07) is 3.31. The molecule has 0 amide bonds. The highest BCUT2D eigenvalue weighted by atomic mass is 32.2. The molecule has 2 aromatic heterocycles. The van der Waals surface area contributed by atoms with Crippen LogP contribution in [0.3, 0.4) is 0 Å². The standard InChI is InChI=1S/C24H30F2N8O3S/c1-14(2)34-22-20(13-28-24(31-22)29-17-10-16(25)11-27-12-17)30-21(23(34)35)15-5-6-19(18(26)9-15)32-38(36,37)33-7-3-4-8-33/h5-6,9,13-14,16-17,27,32H,3-4,7-8,10-12H2,1-2H3,(H,28,29,31)/t16-,17-/m0/s1. The van der Waals surface area contributed by atoms with E-state index in [-0.39, 0.29) is 35.0 Å². The fourth-order valence-corrected chi connectivity index (χ4v) is 6.11. The molecule has 0 spiro atoms. The van der Waals surface area contributed by atoms with Crippen molar-refractivity contribution in [1.82, 2.24) is 29.1 Å². The van der Waals surface area contributed by atoms with Gasteiger partial charge in [0.05, 0.1) is 11.9 Å². The SMILES string of the molecule is CC(C)n1c(=O)c(-c2ccc(NS(=O)(=O)N3CCCC3)c(F)c2)nc2cnc(N[C@@H]3CNC[C@@H](F)C3)nc21. The van der Waals surface area contributed by atoms with E-state index in [0.717, 1.165) is 18.9 Å². The van der Waals surface area contributed by atoms with Gasteiger partial charge in [0.15, 0.2) is 5.65 Å². The summed E-state index contributed by atoms with van der Waals surface area (Å²) in [5, 5.41) is 6.12. The Labute approximate surface area is 218 Å². The molecular formula is C24H30F2N8O3S. The van der Waals surface area contributed by atoms with E-state index in [1.807, 2.05) is 13.8 Å². The zero-order valence-corrected chi connectivity index (χ0v) is 21.9. The lowest BCUT2D eigenvalue weighted by atomic mass is 10.1. The minimum absolute atomic E-state index is 0.0138. The third kappa shape index (κ3) is 5.33. The Morgan fingerprint density at radius 3 is 2.61 bits per heavy atom. The molecule has 2 saturated heterocycles. The minimum Gasteiger partial charge on any atom is -0.350 e. The van der Waals surface area contributed by atoms with Crippen molar-refractivity contribution in [3.8, 4) is 11.3 Å². The summed E-state index contributed by atoms with van der Waals surface area (Å²) in [5.41, 5.74) is 0.102. The van der Waals surface area contributed by atoms with E-state index >= 15 is 4.39 Å². The number of rotatable bonds is 7. The molecule has 0 radical (unpaired) electrons. The van der Waals surface area contributed by atoms with E-state index < -0.39 is 27.8 Å². The summed E-state index contributed by atoms with van der Waals surface area (Å²) in [7, 11) is -3.87. The van der Waals surface area contributed by atoms with E-state index in [4.69, 9.17) is 0 Å². The van der Waals surface area contributed by atoms with Gasteiger partial charge in [0.1, 0.15) is 23.2 Å². The van der Waals surface area contributed by atoms with E-state index in [0.29, 0.717) is 43.8 Å². The highest BCUT2D eigenvalue weighted by Crippen LogP contribution is 2.26. The number of aromatic nitrogens is 4. The van der Waals surface area contributed by atoms with Crippen LogP contribution < -0.4 is 20.9 Å². The van der Waals surface area contributed by atoms with Crippen LogP contribution in [0.2, 0.25) is 0 Å². The van der Waals surface area contributed by atoms with Gasteiger partial charge in [-0.3, -0.25) is 14.1 Å². The van der Waals surface area contributed by atoms with Crippen molar-refractivity contribution in [1.29, 1.82) is 0 Å².